The van der Waals surface area contributed by atoms with Crippen LogP contribution in [0.1, 0.15) is 29.2 Å². The summed E-state index contributed by atoms with van der Waals surface area (Å²) in [5.41, 5.74) is 11.7. The van der Waals surface area contributed by atoms with E-state index in [0.29, 0.717) is 0 Å². The monoisotopic (exact) mass is 639 g/mol. The summed E-state index contributed by atoms with van der Waals surface area (Å²) in [4.78, 5) is 2.26. The minimum absolute atomic E-state index is 0.459. The van der Waals surface area contributed by atoms with Gasteiger partial charge in [0.05, 0.1) is 11.1 Å². The molecular formula is C48H33NO. The average Bonchev–Trinajstić information content (AvgIpc) is 3.68. The van der Waals surface area contributed by atoms with Gasteiger partial charge < -0.3 is 9.32 Å². The van der Waals surface area contributed by atoms with Crippen molar-refractivity contribution in [3.63, 3.8) is 0 Å². The maximum absolute atomic E-state index is 6.70. The third-order valence-corrected chi connectivity index (χ3v) is 10.2. The van der Waals surface area contributed by atoms with Crippen LogP contribution in [0.15, 0.2) is 174 Å². The lowest BCUT2D eigenvalue weighted by Gasteiger charge is -2.34. The van der Waals surface area contributed by atoms with E-state index in [2.05, 4.69) is 182 Å². The van der Waals surface area contributed by atoms with E-state index in [4.69, 9.17) is 10.8 Å². The minimum Gasteiger partial charge on any atom is -0.454 e. The Kier molecular flexibility index (Phi) is 7.01. The van der Waals surface area contributed by atoms with Crippen molar-refractivity contribution in [2.24, 2.45) is 0 Å². The van der Waals surface area contributed by atoms with Gasteiger partial charge in [0.25, 0.3) is 0 Å². The zero-order valence-electron chi connectivity index (χ0n) is 27.7. The summed E-state index contributed by atoms with van der Waals surface area (Å²) < 4.78 is 6.70. The number of nitrogens with zero attached hydrogens (tertiary/aromatic N) is 1. The lowest BCUT2D eigenvalue weighted by molar-refractivity contribution is 0.571. The normalized spacial score (nSPS) is 13.9. The van der Waals surface area contributed by atoms with Crippen LogP contribution in [0.25, 0.3) is 44.6 Å². The molecule has 236 valence electrons. The van der Waals surface area contributed by atoms with E-state index in [1.807, 2.05) is 12.1 Å². The zero-order chi connectivity index (χ0) is 33.7. The molecule has 2 heteroatoms. The van der Waals surface area contributed by atoms with Gasteiger partial charge in [-0.1, -0.05) is 139 Å². The number of para-hydroxylation sites is 1. The zero-order valence-corrected chi connectivity index (χ0v) is 27.7. The summed E-state index contributed by atoms with van der Waals surface area (Å²) in [7, 11) is 0. The van der Waals surface area contributed by atoms with Crippen LogP contribution in [0.2, 0.25) is 0 Å². The molecule has 0 bridgehead atoms. The SMILES string of the molecule is C#C/C=c1\c(=C(/C)N(c2ccccc2)c2ccc(C3(c4ccccc4)c4ccccc4-c4ccccc43)cc2)oc2cc3ccccc3cc12. The van der Waals surface area contributed by atoms with Gasteiger partial charge in [-0.05, 0) is 93.6 Å². The first kappa shape index (κ1) is 29.6. The molecule has 1 aliphatic rings. The summed E-state index contributed by atoms with van der Waals surface area (Å²) in [5.74, 6) is 2.78. The van der Waals surface area contributed by atoms with Gasteiger partial charge in [-0.15, -0.1) is 6.42 Å². The number of hydrogen-bond donors (Lipinski definition) is 0. The van der Waals surface area contributed by atoms with Crippen molar-refractivity contribution in [2.45, 2.75) is 12.3 Å². The highest BCUT2D eigenvalue weighted by Crippen LogP contribution is 2.56. The summed E-state index contributed by atoms with van der Waals surface area (Å²) in [6.45, 7) is 2.11. The fourth-order valence-corrected chi connectivity index (χ4v) is 8.08. The standard InChI is InChI=1S/C48H33NO/c1-3-16-42-43-31-34-17-10-11-18-35(34)32-46(43)50-47(42)33(2)49(38-21-8-5-9-22-38)39-29-27-37(28-30-39)48(36-19-6-4-7-20-36)44-25-14-12-23-40(44)41-24-13-15-26-45(41)48/h1,4-32H,2H3/b42-16-,47-33-. The maximum atomic E-state index is 6.70. The molecule has 1 aromatic heterocycles. The fourth-order valence-electron chi connectivity index (χ4n) is 8.08. The van der Waals surface area contributed by atoms with Crippen molar-refractivity contribution < 1.29 is 4.42 Å². The molecule has 7 aromatic carbocycles. The smallest absolute Gasteiger partial charge is 0.155 e. The third-order valence-electron chi connectivity index (χ3n) is 10.2. The van der Waals surface area contributed by atoms with Gasteiger partial charge in [0.15, 0.2) is 5.42 Å². The molecule has 0 spiro atoms. The predicted molar refractivity (Wildman–Crippen MR) is 208 cm³/mol. The Labute approximate surface area is 291 Å². The summed E-state index contributed by atoms with van der Waals surface area (Å²) in [5, 5.41) is 4.19. The topological polar surface area (TPSA) is 16.4 Å². The summed E-state index contributed by atoms with van der Waals surface area (Å²) >= 11 is 0. The van der Waals surface area contributed by atoms with E-state index >= 15 is 0 Å². The quantitative estimate of drug-likeness (QED) is 0.174. The first-order valence-corrected chi connectivity index (χ1v) is 17.0. The number of anilines is 2. The first-order valence-electron chi connectivity index (χ1n) is 17.0. The molecule has 0 aliphatic heterocycles. The molecule has 0 saturated carbocycles. The van der Waals surface area contributed by atoms with Crippen molar-refractivity contribution >= 4 is 44.9 Å². The van der Waals surface area contributed by atoms with Crippen LogP contribution < -0.4 is 15.5 Å². The Bertz CT molecular complexity index is 2670. The summed E-state index contributed by atoms with van der Waals surface area (Å²) in [6, 6.07) is 60.7. The van der Waals surface area contributed by atoms with Gasteiger partial charge in [0.2, 0.25) is 0 Å². The molecule has 0 saturated heterocycles. The highest BCUT2D eigenvalue weighted by Gasteiger charge is 2.45. The molecule has 2 nitrogen and oxygen atoms in total. The van der Waals surface area contributed by atoms with Gasteiger partial charge in [-0.3, -0.25) is 0 Å². The van der Waals surface area contributed by atoms with Gasteiger partial charge in [-0.25, -0.2) is 0 Å². The van der Waals surface area contributed by atoms with Crippen molar-refractivity contribution in [2.75, 3.05) is 4.90 Å². The first-order chi connectivity index (χ1) is 24.7. The molecular weight excluding hydrogens is 607 g/mol. The number of benzene rings is 7. The molecule has 9 rings (SSSR count). The molecule has 0 N–H and O–H groups in total. The van der Waals surface area contributed by atoms with Crippen LogP contribution >= 0.6 is 0 Å². The van der Waals surface area contributed by atoms with Crippen LogP contribution in [0, 0.1) is 12.3 Å². The molecule has 1 heterocycles. The number of terminal acetylenes is 1. The van der Waals surface area contributed by atoms with Crippen LogP contribution in [-0.2, 0) is 5.41 Å². The van der Waals surface area contributed by atoms with Gasteiger partial charge in [-0.2, -0.15) is 0 Å². The van der Waals surface area contributed by atoms with E-state index in [0.717, 1.165) is 49.4 Å². The van der Waals surface area contributed by atoms with E-state index < -0.39 is 5.41 Å². The molecule has 8 aromatic rings. The second-order valence-corrected chi connectivity index (χ2v) is 12.9. The summed E-state index contributed by atoms with van der Waals surface area (Å²) in [6.07, 6.45) is 7.75. The maximum Gasteiger partial charge on any atom is 0.155 e. The van der Waals surface area contributed by atoms with Crippen LogP contribution in [0.5, 0.6) is 0 Å². The lowest BCUT2D eigenvalue weighted by atomic mass is 9.68. The second-order valence-electron chi connectivity index (χ2n) is 12.9. The molecule has 1 aliphatic carbocycles. The van der Waals surface area contributed by atoms with Gasteiger partial charge in [0, 0.05) is 22.0 Å². The van der Waals surface area contributed by atoms with E-state index in [9.17, 15) is 0 Å². The number of hydrogen-bond acceptors (Lipinski definition) is 2. The number of fused-ring (bicyclic) bond motifs is 5. The van der Waals surface area contributed by atoms with Crippen LogP contribution in [0.3, 0.4) is 0 Å². The molecule has 50 heavy (non-hydrogen) atoms. The highest BCUT2D eigenvalue weighted by atomic mass is 16.3. The molecule has 0 atom stereocenters. The minimum atomic E-state index is -0.459. The molecule has 0 unspecified atom stereocenters. The van der Waals surface area contributed by atoms with Crippen LogP contribution in [0.4, 0.5) is 11.4 Å². The van der Waals surface area contributed by atoms with E-state index in [-0.39, 0.29) is 0 Å². The van der Waals surface area contributed by atoms with Crippen molar-refractivity contribution in [1.82, 2.24) is 0 Å². The Hall–Kier alpha value is -6.56. The molecule has 0 fully saturated rings. The Balaban J connectivity index is 1.28. The Morgan fingerprint density at radius 1 is 0.600 bits per heavy atom. The average molecular weight is 640 g/mol. The Morgan fingerprint density at radius 3 is 1.76 bits per heavy atom. The van der Waals surface area contributed by atoms with Crippen molar-refractivity contribution in [1.29, 1.82) is 0 Å². The van der Waals surface area contributed by atoms with Crippen molar-refractivity contribution in [3.8, 4) is 23.5 Å². The lowest BCUT2D eigenvalue weighted by Crippen LogP contribution is -2.30. The molecule has 0 radical (unpaired) electrons. The van der Waals surface area contributed by atoms with Gasteiger partial charge in [0.1, 0.15) is 5.58 Å². The van der Waals surface area contributed by atoms with Crippen molar-refractivity contribution in [3.05, 3.63) is 203 Å². The van der Waals surface area contributed by atoms with E-state index in [1.54, 1.807) is 0 Å². The number of rotatable bonds is 5. The number of furan rings is 1. The Morgan fingerprint density at radius 2 is 1.12 bits per heavy atom. The molecule has 0 amide bonds. The highest BCUT2D eigenvalue weighted by molar-refractivity contribution is 5.97. The van der Waals surface area contributed by atoms with Crippen LogP contribution in [-0.4, -0.2) is 0 Å². The second kappa shape index (κ2) is 11.8. The van der Waals surface area contributed by atoms with Gasteiger partial charge >= 0.3 is 0 Å². The predicted octanol–water partition coefficient (Wildman–Crippen LogP) is 10.3. The van der Waals surface area contributed by atoms with E-state index in [1.165, 1.54) is 33.4 Å². The fraction of sp³-hybridized carbons (Fsp3) is 0.0417. The largest absolute Gasteiger partial charge is 0.454 e. The third kappa shape index (κ3) is 4.45.